The van der Waals surface area contributed by atoms with E-state index in [2.05, 4.69) is 11.2 Å². The second kappa shape index (κ2) is 6.31. The molecule has 0 aromatic heterocycles. The van der Waals surface area contributed by atoms with E-state index in [0.29, 0.717) is 19.1 Å². The standard InChI is InChI=1S/C11H17NO3/c1-2-7-15-8-9-3-5-10(6-4-9)12-11(13)14/h1,9-10,12H,3-8H2,(H,13,14)/t9-,10-. The zero-order chi connectivity index (χ0) is 11.1. The van der Waals surface area contributed by atoms with Crippen molar-refractivity contribution >= 4 is 6.09 Å². The topological polar surface area (TPSA) is 58.6 Å². The summed E-state index contributed by atoms with van der Waals surface area (Å²) >= 11 is 0. The first kappa shape index (κ1) is 11.9. The number of hydrogen-bond acceptors (Lipinski definition) is 2. The van der Waals surface area contributed by atoms with E-state index in [-0.39, 0.29) is 6.04 Å². The molecule has 0 bridgehead atoms. The highest BCUT2D eigenvalue weighted by Crippen LogP contribution is 2.24. The number of nitrogens with one attached hydrogen (secondary N) is 1. The highest BCUT2D eigenvalue weighted by atomic mass is 16.5. The van der Waals surface area contributed by atoms with Gasteiger partial charge in [0.15, 0.2) is 0 Å². The molecule has 4 nitrogen and oxygen atoms in total. The molecule has 84 valence electrons. The number of terminal acetylenes is 1. The van der Waals surface area contributed by atoms with Crippen LogP contribution < -0.4 is 5.32 Å². The third-order valence-corrected chi connectivity index (χ3v) is 2.71. The highest BCUT2D eigenvalue weighted by Gasteiger charge is 2.22. The first-order valence-corrected chi connectivity index (χ1v) is 5.23. The van der Waals surface area contributed by atoms with Gasteiger partial charge < -0.3 is 15.2 Å². The summed E-state index contributed by atoms with van der Waals surface area (Å²) < 4.78 is 5.27. The molecular formula is C11H17NO3. The maximum atomic E-state index is 10.4. The summed E-state index contributed by atoms with van der Waals surface area (Å²) in [5.41, 5.74) is 0. The molecule has 0 radical (unpaired) electrons. The van der Waals surface area contributed by atoms with Crippen LogP contribution in [0.5, 0.6) is 0 Å². The smallest absolute Gasteiger partial charge is 0.404 e. The fourth-order valence-corrected chi connectivity index (χ4v) is 1.93. The van der Waals surface area contributed by atoms with Gasteiger partial charge in [0.2, 0.25) is 0 Å². The van der Waals surface area contributed by atoms with E-state index in [9.17, 15) is 4.79 Å². The summed E-state index contributed by atoms with van der Waals surface area (Å²) in [6.45, 7) is 1.07. The van der Waals surface area contributed by atoms with Crippen molar-refractivity contribution < 1.29 is 14.6 Å². The molecule has 1 amide bonds. The second-order valence-corrected chi connectivity index (χ2v) is 3.89. The van der Waals surface area contributed by atoms with Crippen LogP contribution in [-0.4, -0.2) is 30.5 Å². The normalized spacial score (nSPS) is 25.5. The van der Waals surface area contributed by atoms with Crippen LogP contribution in [0, 0.1) is 18.3 Å². The Hall–Kier alpha value is -1.21. The van der Waals surface area contributed by atoms with Gasteiger partial charge in [0.25, 0.3) is 0 Å². The van der Waals surface area contributed by atoms with Crippen molar-refractivity contribution in [3.8, 4) is 12.3 Å². The molecule has 1 saturated carbocycles. The number of hydrogen-bond donors (Lipinski definition) is 2. The van der Waals surface area contributed by atoms with Gasteiger partial charge in [0, 0.05) is 6.04 Å². The van der Waals surface area contributed by atoms with E-state index in [1.165, 1.54) is 0 Å². The first-order chi connectivity index (χ1) is 7.22. The lowest BCUT2D eigenvalue weighted by molar-refractivity contribution is 0.102. The number of carbonyl (C=O) groups is 1. The van der Waals surface area contributed by atoms with Crippen LogP contribution in [-0.2, 0) is 4.74 Å². The molecule has 0 aromatic rings. The van der Waals surface area contributed by atoms with E-state index in [1.54, 1.807) is 0 Å². The highest BCUT2D eigenvalue weighted by molar-refractivity contribution is 5.64. The summed E-state index contributed by atoms with van der Waals surface area (Å²) in [6, 6.07) is 0.117. The molecule has 0 aliphatic heterocycles. The zero-order valence-corrected chi connectivity index (χ0v) is 8.74. The molecule has 1 fully saturated rings. The van der Waals surface area contributed by atoms with Gasteiger partial charge in [-0.2, -0.15) is 0 Å². The molecule has 0 aromatic carbocycles. The predicted molar refractivity (Wildman–Crippen MR) is 56.6 cm³/mol. The van der Waals surface area contributed by atoms with E-state index >= 15 is 0 Å². The van der Waals surface area contributed by atoms with Crippen molar-refractivity contribution in [1.82, 2.24) is 5.32 Å². The molecule has 1 aliphatic rings. The van der Waals surface area contributed by atoms with Gasteiger partial charge in [-0.05, 0) is 31.6 Å². The monoisotopic (exact) mass is 211 g/mol. The van der Waals surface area contributed by atoms with E-state index in [4.69, 9.17) is 16.3 Å². The van der Waals surface area contributed by atoms with Crippen LogP contribution in [0.15, 0.2) is 0 Å². The molecule has 0 atom stereocenters. The van der Waals surface area contributed by atoms with Gasteiger partial charge in [0.1, 0.15) is 6.61 Å². The van der Waals surface area contributed by atoms with Crippen molar-refractivity contribution in [3.05, 3.63) is 0 Å². The van der Waals surface area contributed by atoms with E-state index in [0.717, 1.165) is 25.7 Å². The molecule has 15 heavy (non-hydrogen) atoms. The largest absolute Gasteiger partial charge is 0.465 e. The van der Waals surface area contributed by atoms with E-state index < -0.39 is 6.09 Å². The van der Waals surface area contributed by atoms with Crippen LogP contribution in [0.4, 0.5) is 4.79 Å². The number of carboxylic acid groups (broad SMARTS) is 1. The quantitative estimate of drug-likeness (QED) is 0.546. The second-order valence-electron chi connectivity index (χ2n) is 3.89. The Morgan fingerprint density at radius 2 is 2.13 bits per heavy atom. The fraction of sp³-hybridized carbons (Fsp3) is 0.727. The average molecular weight is 211 g/mol. The van der Waals surface area contributed by atoms with Crippen molar-refractivity contribution in [2.24, 2.45) is 5.92 Å². The lowest BCUT2D eigenvalue weighted by Gasteiger charge is -2.27. The molecule has 2 N–H and O–H groups in total. The third-order valence-electron chi connectivity index (χ3n) is 2.71. The Bertz CT molecular complexity index is 239. The summed E-state index contributed by atoms with van der Waals surface area (Å²) in [4.78, 5) is 10.4. The summed E-state index contributed by atoms with van der Waals surface area (Å²) in [6.07, 6.45) is 7.96. The lowest BCUT2D eigenvalue weighted by Crippen LogP contribution is -2.37. The zero-order valence-electron chi connectivity index (χ0n) is 8.74. The molecule has 0 saturated heterocycles. The minimum Gasteiger partial charge on any atom is -0.465 e. The maximum absolute atomic E-state index is 10.4. The Labute approximate surface area is 90.0 Å². The van der Waals surface area contributed by atoms with Gasteiger partial charge in [-0.25, -0.2) is 4.79 Å². The minimum atomic E-state index is -0.929. The van der Waals surface area contributed by atoms with Crippen LogP contribution >= 0.6 is 0 Å². The number of rotatable bonds is 4. The molecule has 0 spiro atoms. The van der Waals surface area contributed by atoms with Crippen molar-refractivity contribution in [2.45, 2.75) is 31.7 Å². The van der Waals surface area contributed by atoms with Crippen LogP contribution in [0.3, 0.4) is 0 Å². The number of amides is 1. The van der Waals surface area contributed by atoms with E-state index in [1.807, 2.05) is 0 Å². The predicted octanol–water partition coefficient (Wildman–Crippen LogP) is 1.46. The van der Waals surface area contributed by atoms with Gasteiger partial charge in [0.05, 0.1) is 6.61 Å². The minimum absolute atomic E-state index is 0.117. The Balaban J connectivity index is 2.13. The van der Waals surface area contributed by atoms with Crippen molar-refractivity contribution in [1.29, 1.82) is 0 Å². The first-order valence-electron chi connectivity index (χ1n) is 5.23. The Kier molecular flexibility index (Phi) is 4.99. The van der Waals surface area contributed by atoms with Crippen LogP contribution in [0.25, 0.3) is 0 Å². The molecular weight excluding hydrogens is 194 g/mol. The molecule has 0 unspecified atom stereocenters. The molecule has 1 rings (SSSR count). The van der Waals surface area contributed by atoms with Crippen LogP contribution in [0.1, 0.15) is 25.7 Å². The average Bonchev–Trinajstić information content (AvgIpc) is 2.20. The maximum Gasteiger partial charge on any atom is 0.404 e. The lowest BCUT2D eigenvalue weighted by atomic mass is 9.86. The molecule has 4 heteroatoms. The third kappa shape index (κ3) is 4.71. The fourth-order valence-electron chi connectivity index (χ4n) is 1.93. The van der Waals surface area contributed by atoms with Gasteiger partial charge in [-0.15, -0.1) is 6.42 Å². The Morgan fingerprint density at radius 3 is 2.67 bits per heavy atom. The van der Waals surface area contributed by atoms with Gasteiger partial charge in [-0.3, -0.25) is 0 Å². The Morgan fingerprint density at radius 1 is 1.47 bits per heavy atom. The molecule has 1 aliphatic carbocycles. The SMILES string of the molecule is C#CCOC[C@H]1CC[C@H](NC(=O)O)CC1. The van der Waals surface area contributed by atoms with Gasteiger partial charge in [-0.1, -0.05) is 5.92 Å². The molecule has 0 heterocycles. The van der Waals surface area contributed by atoms with Gasteiger partial charge >= 0.3 is 6.09 Å². The summed E-state index contributed by atoms with van der Waals surface area (Å²) in [7, 11) is 0. The van der Waals surface area contributed by atoms with Crippen LogP contribution in [0.2, 0.25) is 0 Å². The van der Waals surface area contributed by atoms with Crippen molar-refractivity contribution in [2.75, 3.05) is 13.2 Å². The number of ether oxygens (including phenoxy) is 1. The van der Waals surface area contributed by atoms with Crippen molar-refractivity contribution in [3.63, 3.8) is 0 Å². The summed E-state index contributed by atoms with van der Waals surface area (Å²) in [5.74, 6) is 2.96. The summed E-state index contributed by atoms with van der Waals surface area (Å²) in [5, 5.41) is 11.1.